The lowest BCUT2D eigenvalue weighted by Gasteiger charge is -2.06. The molecule has 0 aliphatic rings. The van der Waals surface area contributed by atoms with E-state index in [-0.39, 0.29) is 11.4 Å². The van der Waals surface area contributed by atoms with Crippen LogP contribution in [0.1, 0.15) is 0 Å². The third-order valence-electron chi connectivity index (χ3n) is 1.76. The summed E-state index contributed by atoms with van der Waals surface area (Å²) in [5, 5.41) is 0. The monoisotopic (exact) mass is 307 g/mol. The third-order valence-corrected chi connectivity index (χ3v) is 4.17. The van der Waals surface area contributed by atoms with E-state index in [0.717, 1.165) is 0 Å². The highest BCUT2D eigenvalue weighted by atomic mass is 79.9. The number of carbonyl (C=O) groups is 1. The average Bonchev–Trinajstić information content (AvgIpc) is 2.26. The molecule has 7 heteroatoms. The molecular weight excluding hydrogens is 298 g/mol. The predicted molar refractivity (Wildman–Crippen MR) is 61.3 cm³/mol. The van der Waals surface area contributed by atoms with Gasteiger partial charge in [0.2, 0.25) is 10.0 Å². The summed E-state index contributed by atoms with van der Waals surface area (Å²) in [6.45, 7) is -0.389. The zero-order valence-corrected chi connectivity index (χ0v) is 10.8. The van der Waals surface area contributed by atoms with Crippen LogP contribution in [-0.2, 0) is 19.6 Å². The maximum Gasteiger partial charge on any atom is 0.320 e. The molecule has 0 saturated heterocycles. The second-order valence-corrected chi connectivity index (χ2v) is 5.42. The summed E-state index contributed by atoms with van der Waals surface area (Å²) < 4.78 is 30.4. The summed E-state index contributed by atoms with van der Waals surface area (Å²) >= 11 is 3.12. The van der Waals surface area contributed by atoms with Crippen molar-refractivity contribution in [3.8, 4) is 0 Å². The summed E-state index contributed by atoms with van der Waals surface area (Å²) in [6, 6.07) is 6.33. The number of rotatable bonds is 4. The summed E-state index contributed by atoms with van der Waals surface area (Å²) in [4.78, 5) is 10.9. The van der Waals surface area contributed by atoms with Gasteiger partial charge in [-0.05, 0) is 28.1 Å². The van der Waals surface area contributed by atoms with E-state index in [1.807, 2.05) is 0 Å². The van der Waals surface area contributed by atoms with E-state index in [0.29, 0.717) is 4.47 Å². The fourth-order valence-corrected chi connectivity index (χ4v) is 2.94. The molecule has 0 bridgehead atoms. The average molecular weight is 308 g/mol. The van der Waals surface area contributed by atoms with Crippen LogP contribution in [-0.4, -0.2) is 28.0 Å². The van der Waals surface area contributed by atoms with Crippen molar-refractivity contribution in [1.29, 1.82) is 0 Å². The first-order valence-electron chi connectivity index (χ1n) is 4.28. The molecule has 16 heavy (non-hydrogen) atoms. The van der Waals surface area contributed by atoms with Crippen LogP contribution in [0.5, 0.6) is 0 Å². The van der Waals surface area contributed by atoms with Crippen molar-refractivity contribution in [2.45, 2.75) is 4.90 Å². The second kappa shape index (κ2) is 5.42. The Kier molecular flexibility index (Phi) is 4.45. The zero-order valence-electron chi connectivity index (χ0n) is 8.44. The van der Waals surface area contributed by atoms with Gasteiger partial charge in [0.15, 0.2) is 0 Å². The lowest BCUT2D eigenvalue weighted by molar-refractivity contribution is -0.139. The van der Waals surface area contributed by atoms with Crippen molar-refractivity contribution in [3.05, 3.63) is 28.7 Å². The van der Waals surface area contributed by atoms with Crippen LogP contribution in [0.15, 0.2) is 33.6 Å². The maximum absolute atomic E-state index is 11.7. The maximum atomic E-state index is 11.7. The smallest absolute Gasteiger partial charge is 0.320 e. The van der Waals surface area contributed by atoms with Gasteiger partial charge in [-0.15, -0.1) is 0 Å². The van der Waals surface area contributed by atoms with Gasteiger partial charge < -0.3 is 4.74 Å². The topological polar surface area (TPSA) is 72.5 Å². The van der Waals surface area contributed by atoms with Crippen LogP contribution < -0.4 is 4.72 Å². The minimum atomic E-state index is -3.69. The molecule has 0 unspecified atom stereocenters. The Morgan fingerprint density at radius 3 is 2.62 bits per heavy atom. The summed E-state index contributed by atoms with van der Waals surface area (Å²) in [7, 11) is -2.50. The Labute approximate surface area is 102 Å². The Hall–Kier alpha value is -0.920. The number of nitrogens with one attached hydrogen (secondary N) is 1. The molecule has 0 aromatic heterocycles. The van der Waals surface area contributed by atoms with Crippen LogP contribution in [0.2, 0.25) is 0 Å². The van der Waals surface area contributed by atoms with Crippen LogP contribution in [0.3, 0.4) is 0 Å². The largest absolute Gasteiger partial charge is 0.468 e. The number of hydrogen-bond acceptors (Lipinski definition) is 4. The summed E-state index contributed by atoms with van der Waals surface area (Å²) in [5.41, 5.74) is 0. The quantitative estimate of drug-likeness (QED) is 0.839. The number of methoxy groups -OCH3 is 1. The number of hydrogen-bond donors (Lipinski definition) is 1. The summed E-state index contributed by atoms with van der Waals surface area (Å²) in [6.07, 6.45) is 0. The van der Waals surface area contributed by atoms with Gasteiger partial charge in [-0.25, -0.2) is 8.42 Å². The molecule has 0 aliphatic carbocycles. The number of carbonyl (C=O) groups excluding carboxylic acids is 1. The molecule has 0 heterocycles. The van der Waals surface area contributed by atoms with Gasteiger partial charge in [0.1, 0.15) is 6.54 Å². The fraction of sp³-hybridized carbons (Fsp3) is 0.222. The van der Waals surface area contributed by atoms with Gasteiger partial charge >= 0.3 is 5.97 Å². The predicted octanol–water partition coefficient (Wildman–Crippen LogP) is 0.900. The molecule has 0 aliphatic heterocycles. The van der Waals surface area contributed by atoms with Crippen molar-refractivity contribution >= 4 is 31.9 Å². The Morgan fingerprint density at radius 2 is 2.06 bits per heavy atom. The molecule has 88 valence electrons. The van der Waals surface area contributed by atoms with Gasteiger partial charge in [0.25, 0.3) is 0 Å². The van der Waals surface area contributed by atoms with E-state index in [2.05, 4.69) is 25.4 Å². The number of ether oxygens (including phenoxy) is 1. The van der Waals surface area contributed by atoms with E-state index < -0.39 is 16.0 Å². The molecule has 5 nitrogen and oxygen atoms in total. The van der Waals surface area contributed by atoms with Gasteiger partial charge in [-0.2, -0.15) is 4.72 Å². The highest BCUT2D eigenvalue weighted by Gasteiger charge is 2.17. The molecule has 1 aromatic rings. The molecule has 0 fully saturated rings. The first-order chi connectivity index (χ1) is 7.47. The molecule has 1 aromatic carbocycles. The number of esters is 1. The van der Waals surface area contributed by atoms with Crippen LogP contribution >= 0.6 is 15.9 Å². The van der Waals surface area contributed by atoms with E-state index in [4.69, 9.17) is 0 Å². The molecule has 1 rings (SSSR count). The minimum Gasteiger partial charge on any atom is -0.468 e. The lowest BCUT2D eigenvalue weighted by Crippen LogP contribution is -2.30. The molecule has 0 saturated carbocycles. The first-order valence-corrected chi connectivity index (χ1v) is 6.56. The van der Waals surface area contributed by atoms with E-state index in [9.17, 15) is 13.2 Å². The zero-order chi connectivity index (χ0) is 12.2. The van der Waals surface area contributed by atoms with Gasteiger partial charge in [0.05, 0.1) is 12.0 Å². The van der Waals surface area contributed by atoms with Crippen LogP contribution in [0, 0.1) is 0 Å². The first kappa shape index (κ1) is 13.1. The van der Waals surface area contributed by atoms with Crippen LogP contribution in [0.4, 0.5) is 0 Å². The molecule has 0 amide bonds. The number of sulfonamides is 1. The minimum absolute atomic E-state index is 0.0823. The standard InChI is InChI=1S/C9H10BrNO4S/c1-15-9(12)6-11-16(13,14)8-5-3-2-4-7(8)10/h2-5,11H,6H2,1H3. The lowest BCUT2D eigenvalue weighted by atomic mass is 10.4. The molecule has 0 radical (unpaired) electrons. The molecule has 1 N–H and O–H groups in total. The van der Waals surface area contributed by atoms with Crippen molar-refractivity contribution in [1.82, 2.24) is 4.72 Å². The Morgan fingerprint density at radius 1 is 1.44 bits per heavy atom. The SMILES string of the molecule is COC(=O)CNS(=O)(=O)c1ccccc1Br. The third kappa shape index (κ3) is 3.29. The molecule has 0 spiro atoms. The highest BCUT2D eigenvalue weighted by Crippen LogP contribution is 2.20. The number of halogens is 1. The van der Waals surface area contributed by atoms with Crippen molar-refractivity contribution < 1.29 is 17.9 Å². The van der Waals surface area contributed by atoms with Gasteiger partial charge in [-0.1, -0.05) is 12.1 Å². The van der Waals surface area contributed by atoms with Gasteiger partial charge in [-0.3, -0.25) is 4.79 Å². The van der Waals surface area contributed by atoms with E-state index in [1.165, 1.54) is 13.2 Å². The number of benzene rings is 1. The van der Waals surface area contributed by atoms with Crippen molar-refractivity contribution in [2.24, 2.45) is 0 Å². The fourth-order valence-electron chi connectivity index (χ4n) is 0.967. The van der Waals surface area contributed by atoms with Crippen molar-refractivity contribution in [3.63, 3.8) is 0 Å². The van der Waals surface area contributed by atoms with E-state index >= 15 is 0 Å². The highest BCUT2D eigenvalue weighted by molar-refractivity contribution is 9.10. The van der Waals surface area contributed by atoms with Gasteiger partial charge in [0, 0.05) is 4.47 Å². The summed E-state index contributed by atoms with van der Waals surface area (Å²) in [5.74, 6) is -0.643. The normalized spacial score (nSPS) is 11.1. The Balaban J connectivity index is 2.87. The van der Waals surface area contributed by atoms with Crippen LogP contribution in [0.25, 0.3) is 0 Å². The van der Waals surface area contributed by atoms with Crippen molar-refractivity contribution in [2.75, 3.05) is 13.7 Å². The Bertz CT molecular complexity index is 486. The molecule has 0 atom stereocenters. The second-order valence-electron chi connectivity index (χ2n) is 2.83. The van der Waals surface area contributed by atoms with E-state index in [1.54, 1.807) is 18.2 Å². The molecular formula is C9H10BrNO4S.